The van der Waals surface area contributed by atoms with Gasteiger partial charge in [-0.1, -0.05) is 18.2 Å². The molecule has 0 bridgehead atoms. The van der Waals surface area contributed by atoms with Gasteiger partial charge in [0, 0.05) is 19.6 Å². The lowest BCUT2D eigenvalue weighted by Crippen LogP contribution is -2.36. The summed E-state index contributed by atoms with van der Waals surface area (Å²) in [6, 6.07) is 6.55. The van der Waals surface area contributed by atoms with Gasteiger partial charge in [-0.05, 0) is 48.9 Å². The van der Waals surface area contributed by atoms with Gasteiger partial charge in [0.25, 0.3) is 0 Å². The lowest BCUT2D eigenvalue weighted by atomic mass is 9.97. The van der Waals surface area contributed by atoms with Crippen LogP contribution in [-0.4, -0.2) is 30.4 Å². The fourth-order valence-corrected chi connectivity index (χ4v) is 3.07. The van der Waals surface area contributed by atoms with E-state index in [9.17, 15) is 4.79 Å². The van der Waals surface area contributed by atoms with E-state index >= 15 is 0 Å². The summed E-state index contributed by atoms with van der Waals surface area (Å²) in [6.07, 6.45) is 5.27. The maximum absolute atomic E-state index is 12.2. The molecule has 0 aromatic heterocycles. The van der Waals surface area contributed by atoms with Crippen molar-refractivity contribution in [2.75, 3.05) is 19.6 Å². The van der Waals surface area contributed by atoms with Crippen molar-refractivity contribution in [3.05, 3.63) is 34.9 Å². The summed E-state index contributed by atoms with van der Waals surface area (Å²) in [7, 11) is 0. The van der Waals surface area contributed by atoms with E-state index in [1.54, 1.807) is 0 Å². The van der Waals surface area contributed by atoms with E-state index < -0.39 is 0 Å². The number of piperidine rings is 1. The smallest absolute Gasteiger partial charge is 0.226 e. The monoisotopic (exact) mass is 258 g/mol. The average molecular weight is 258 g/mol. The molecule has 0 saturated carbocycles. The molecule has 0 aliphatic carbocycles. The Morgan fingerprint density at radius 3 is 2.84 bits per heavy atom. The Morgan fingerprint density at radius 2 is 2.00 bits per heavy atom. The molecule has 3 rings (SSSR count). The zero-order valence-electron chi connectivity index (χ0n) is 11.5. The summed E-state index contributed by atoms with van der Waals surface area (Å²) < 4.78 is 0. The van der Waals surface area contributed by atoms with Crippen LogP contribution in [0.1, 0.15) is 36.0 Å². The summed E-state index contributed by atoms with van der Waals surface area (Å²) in [6.45, 7) is 3.91. The maximum Gasteiger partial charge on any atom is 0.226 e. The third-order valence-corrected chi connectivity index (χ3v) is 4.22. The second-order valence-corrected chi connectivity index (χ2v) is 5.65. The first kappa shape index (κ1) is 12.7. The Labute approximate surface area is 115 Å². The Balaban J connectivity index is 1.67. The minimum absolute atomic E-state index is 0.295. The number of fused-ring (bicyclic) bond motifs is 1. The first-order valence-corrected chi connectivity index (χ1v) is 7.42. The summed E-state index contributed by atoms with van der Waals surface area (Å²) >= 11 is 0. The van der Waals surface area contributed by atoms with Crippen LogP contribution in [0.5, 0.6) is 0 Å². The van der Waals surface area contributed by atoms with Gasteiger partial charge in [0.2, 0.25) is 5.91 Å². The summed E-state index contributed by atoms with van der Waals surface area (Å²) in [5.41, 5.74) is 3.97. The molecule has 1 aromatic carbocycles. The van der Waals surface area contributed by atoms with Crippen LogP contribution < -0.4 is 5.32 Å². The molecule has 1 aromatic rings. The Kier molecular flexibility index (Phi) is 3.83. The van der Waals surface area contributed by atoms with Crippen LogP contribution in [0.25, 0.3) is 0 Å². The van der Waals surface area contributed by atoms with Gasteiger partial charge in [-0.25, -0.2) is 0 Å². The molecule has 3 heteroatoms. The Bertz CT molecular complexity index is 464. The van der Waals surface area contributed by atoms with Crippen LogP contribution in [0.15, 0.2) is 18.2 Å². The summed E-state index contributed by atoms with van der Waals surface area (Å²) in [4.78, 5) is 14.3. The molecule has 0 unspecified atom stereocenters. The quantitative estimate of drug-likeness (QED) is 0.878. The number of nitrogens with zero attached hydrogens (tertiary/aromatic N) is 1. The summed E-state index contributed by atoms with van der Waals surface area (Å²) in [5, 5.41) is 3.39. The van der Waals surface area contributed by atoms with Crippen molar-refractivity contribution in [2.45, 2.75) is 38.6 Å². The van der Waals surface area contributed by atoms with Crippen molar-refractivity contribution in [3.8, 4) is 0 Å². The van der Waals surface area contributed by atoms with Crippen molar-refractivity contribution >= 4 is 5.91 Å². The number of rotatable bonds is 2. The highest BCUT2D eigenvalue weighted by molar-refractivity contribution is 5.79. The van der Waals surface area contributed by atoms with Crippen LogP contribution in [0, 0.1) is 0 Å². The zero-order chi connectivity index (χ0) is 13.1. The van der Waals surface area contributed by atoms with E-state index in [-0.39, 0.29) is 0 Å². The highest BCUT2D eigenvalue weighted by Gasteiger charge is 2.17. The van der Waals surface area contributed by atoms with Crippen molar-refractivity contribution in [3.63, 3.8) is 0 Å². The molecule has 1 fully saturated rings. The lowest BCUT2D eigenvalue weighted by Gasteiger charge is -2.27. The number of hydrogen-bond donors (Lipinski definition) is 1. The molecule has 0 atom stereocenters. The van der Waals surface area contributed by atoms with Gasteiger partial charge < -0.3 is 10.2 Å². The van der Waals surface area contributed by atoms with Gasteiger partial charge >= 0.3 is 0 Å². The molecule has 19 heavy (non-hydrogen) atoms. The van der Waals surface area contributed by atoms with E-state index in [1.807, 2.05) is 4.90 Å². The number of carbonyl (C=O) groups is 1. The SMILES string of the molecule is O=C(Cc1ccc2c(c1)CNCC2)N1CCCCC1. The molecule has 102 valence electrons. The molecule has 2 aliphatic heterocycles. The normalized spacial score (nSPS) is 19.1. The van der Waals surface area contributed by atoms with Gasteiger partial charge in [-0.3, -0.25) is 4.79 Å². The van der Waals surface area contributed by atoms with Gasteiger partial charge in [0.05, 0.1) is 6.42 Å². The predicted molar refractivity (Wildman–Crippen MR) is 76.0 cm³/mol. The third kappa shape index (κ3) is 2.98. The Hall–Kier alpha value is -1.35. The minimum atomic E-state index is 0.295. The number of nitrogens with one attached hydrogen (secondary N) is 1. The topological polar surface area (TPSA) is 32.3 Å². The van der Waals surface area contributed by atoms with E-state index in [0.29, 0.717) is 12.3 Å². The van der Waals surface area contributed by atoms with Crippen molar-refractivity contribution in [2.24, 2.45) is 0 Å². The van der Waals surface area contributed by atoms with E-state index in [0.717, 1.165) is 38.2 Å². The Morgan fingerprint density at radius 1 is 1.16 bits per heavy atom. The first-order chi connectivity index (χ1) is 9.33. The molecule has 1 saturated heterocycles. The van der Waals surface area contributed by atoms with Crippen LogP contribution in [0.4, 0.5) is 0 Å². The minimum Gasteiger partial charge on any atom is -0.342 e. The third-order valence-electron chi connectivity index (χ3n) is 4.22. The van der Waals surface area contributed by atoms with Gasteiger partial charge in [0.1, 0.15) is 0 Å². The predicted octanol–water partition coefficient (Wildman–Crippen LogP) is 1.89. The van der Waals surface area contributed by atoms with Crippen molar-refractivity contribution in [1.82, 2.24) is 10.2 Å². The molecular formula is C16H22N2O. The van der Waals surface area contributed by atoms with Crippen molar-refractivity contribution < 1.29 is 4.79 Å². The average Bonchev–Trinajstić information content (AvgIpc) is 2.48. The van der Waals surface area contributed by atoms with Crippen LogP contribution in [0.3, 0.4) is 0 Å². The number of hydrogen-bond acceptors (Lipinski definition) is 2. The second-order valence-electron chi connectivity index (χ2n) is 5.65. The molecule has 2 aliphatic rings. The molecule has 2 heterocycles. The molecule has 1 amide bonds. The number of likely N-dealkylation sites (tertiary alicyclic amines) is 1. The van der Waals surface area contributed by atoms with Crippen LogP contribution >= 0.6 is 0 Å². The first-order valence-electron chi connectivity index (χ1n) is 7.42. The number of carbonyl (C=O) groups excluding carboxylic acids is 1. The van der Waals surface area contributed by atoms with Gasteiger partial charge in [-0.2, -0.15) is 0 Å². The van der Waals surface area contributed by atoms with E-state index in [2.05, 4.69) is 23.5 Å². The number of amides is 1. The van der Waals surface area contributed by atoms with Crippen LogP contribution in [-0.2, 0) is 24.2 Å². The van der Waals surface area contributed by atoms with E-state index in [1.165, 1.54) is 30.4 Å². The molecular weight excluding hydrogens is 236 g/mol. The highest BCUT2D eigenvalue weighted by atomic mass is 16.2. The van der Waals surface area contributed by atoms with Crippen LogP contribution in [0.2, 0.25) is 0 Å². The second kappa shape index (κ2) is 5.74. The largest absolute Gasteiger partial charge is 0.342 e. The number of benzene rings is 1. The maximum atomic E-state index is 12.2. The highest BCUT2D eigenvalue weighted by Crippen LogP contribution is 2.17. The lowest BCUT2D eigenvalue weighted by molar-refractivity contribution is -0.131. The fraction of sp³-hybridized carbons (Fsp3) is 0.562. The van der Waals surface area contributed by atoms with E-state index in [4.69, 9.17) is 0 Å². The van der Waals surface area contributed by atoms with Crippen molar-refractivity contribution in [1.29, 1.82) is 0 Å². The standard InChI is InChI=1S/C16H22N2O/c19-16(18-8-2-1-3-9-18)11-13-4-5-14-6-7-17-12-15(14)10-13/h4-5,10,17H,1-3,6-9,11-12H2. The molecule has 0 spiro atoms. The zero-order valence-corrected chi connectivity index (χ0v) is 11.5. The fourth-order valence-electron chi connectivity index (χ4n) is 3.07. The van der Waals surface area contributed by atoms with Gasteiger partial charge in [0.15, 0.2) is 0 Å². The molecule has 3 nitrogen and oxygen atoms in total. The molecule has 1 N–H and O–H groups in total. The summed E-state index contributed by atoms with van der Waals surface area (Å²) in [5.74, 6) is 0.295. The molecule has 0 radical (unpaired) electrons. The van der Waals surface area contributed by atoms with Gasteiger partial charge in [-0.15, -0.1) is 0 Å².